The number of hydrogen-bond acceptors (Lipinski definition) is 6. The third kappa shape index (κ3) is 4.63. The fourth-order valence-electron chi connectivity index (χ4n) is 2.16. The number of hydrogen-bond donors (Lipinski definition) is 1. The van der Waals surface area contributed by atoms with Gasteiger partial charge in [-0.25, -0.2) is 9.59 Å². The van der Waals surface area contributed by atoms with Crippen LogP contribution in [0.5, 0.6) is 5.75 Å². The van der Waals surface area contributed by atoms with Gasteiger partial charge in [0.15, 0.2) is 0 Å². The van der Waals surface area contributed by atoms with Gasteiger partial charge < -0.3 is 24.1 Å². The zero-order valence-corrected chi connectivity index (χ0v) is 14.3. The average Bonchev–Trinajstić information content (AvgIpc) is 3.16. The molecule has 0 bridgehead atoms. The Balaban J connectivity index is 2.38. The van der Waals surface area contributed by atoms with Gasteiger partial charge in [0.05, 0.1) is 32.6 Å². The van der Waals surface area contributed by atoms with Crippen LogP contribution in [0.2, 0.25) is 0 Å². The molecule has 0 spiro atoms. The molecule has 0 aliphatic heterocycles. The van der Waals surface area contributed by atoms with E-state index in [-0.39, 0.29) is 5.70 Å². The van der Waals surface area contributed by atoms with Crippen molar-refractivity contribution in [1.82, 2.24) is 4.57 Å². The Hall–Kier alpha value is -3.22. The molecule has 1 N–H and O–H groups in total. The molecule has 0 saturated heterocycles. The van der Waals surface area contributed by atoms with Gasteiger partial charge in [0, 0.05) is 18.1 Å². The van der Waals surface area contributed by atoms with E-state index in [0.717, 1.165) is 11.8 Å². The number of esters is 2. The van der Waals surface area contributed by atoms with Gasteiger partial charge in [-0.3, -0.25) is 0 Å². The first kappa shape index (κ1) is 18.1. The number of carbonyl (C=O) groups excluding carboxylic acids is 2. The van der Waals surface area contributed by atoms with E-state index in [1.54, 1.807) is 18.2 Å². The Labute approximate surface area is 145 Å². The Bertz CT molecular complexity index is 766. The van der Waals surface area contributed by atoms with Crippen LogP contribution >= 0.6 is 0 Å². The summed E-state index contributed by atoms with van der Waals surface area (Å²) in [6.45, 7) is 2.43. The molecule has 1 aromatic heterocycles. The Kier molecular flexibility index (Phi) is 6.22. The molecule has 1 heterocycles. The van der Waals surface area contributed by atoms with Crippen molar-refractivity contribution in [3.05, 3.63) is 54.5 Å². The lowest BCUT2D eigenvalue weighted by Crippen LogP contribution is -2.15. The second-order valence-corrected chi connectivity index (χ2v) is 4.90. The summed E-state index contributed by atoms with van der Waals surface area (Å²) in [6, 6.07) is 9.12. The van der Waals surface area contributed by atoms with E-state index < -0.39 is 11.9 Å². The molecule has 0 atom stereocenters. The van der Waals surface area contributed by atoms with Crippen LogP contribution in [0.3, 0.4) is 0 Å². The molecule has 2 rings (SSSR count). The van der Waals surface area contributed by atoms with E-state index >= 15 is 0 Å². The van der Waals surface area contributed by atoms with Gasteiger partial charge in [-0.1, -0.05) is 0 Å². The first-order chi connectivity index (χ1) is 12.1. The molecule has 0 aliphatic rings. The van der Waals surface area contributed by atoms with E-state index in [2.05, 4.69) is 14.8 Å². The summed E-state index contributed by atoms with van der Waals surface area (Å²) in [5, 5.41) is 2.88. The van der Waals surface area contributed by atoms with Gasteiger partial charge in [0.1, 0.15) is 11.4 Å². The van der Waals surface area contributed by atoms with Crippen LogP contribution in [0.1, 0.15) is 6.92 Å². The second kappa shape index (κ2) is 8.58. The minimum Gasteiger partial charge on any atom is -0.492 e. The lowest BCUT2D eigenvalue weighted by atomic mass is 10.2. The average molecular weight is 344 g/mol. The molecule has 0 aliphatic carbocycles. The fraction of sp³-hybridized carbons (Fsp3) is 0.222. The maximum Gasteiger partial charge on any atom is 0.354 e. The zero-order valence-electron chi connectivity index (χ0n) is 14.3. The number of ether oxygens (including phenoxy) is 3. The summed E-state index contributed by atoms with van der Waals surface area (Å²) in [5.41, 5.74) is 1.35. The first-order valence-corrected chi connectivity index (χ1v) is 7.64. The Morgan fingerprint density at radius 3 is 2.48 bits per heavy atom. The molecule has 7 heteroatoms. The van der Waals surface area contributed by atoms with Crippen molar-refractivity contribution in [2.75, 3.05) is 26.1 Å². The molecule has 2 aromatic rings. The van der Waals surface area contributed by atoms with E-state index in [9.17, 15) is 9.59 Å². The Morgan fingerprint density at radius 2 is 1.88 bits per heavy atom. The predicted molar refractivity (Wildman–Crippen MR) is 92.7 cm³/mol. The van der Waals surface area contributed by atoms with Gasteiger partial charge in [-0.2, -0.15) is 0 Å². The number of nitrogens with zero attached hydrogens (tertiary/aromatic N) is 1. The van der Waals surface area contributed by atoms with Gasteiger partial charge in [0.2, 0.25) is 0 Å². The molecule has 7 nitrogen and oxygen atoms in total. The van der Waals surface area contributed by atoms with Gasteiger partial charge in [-0.05, 0) is 37.3 Å². The van der Waals surface area contributed by atoms with Crippen LogP contribution in [0.4, 0.5) is 5.69 Å². The van der Waals surface area contributed by atoms with Crippen LogP contribution in [-0.4, -0.2) is 37.3 Å². The van der Waals surface area contributed by atoms with E-state index in [1.807, 2.05) is 36.0 Å². The minimum absolute atomic E-state index is 0.0306. The summed E-state index contributed by atoms with van der Waals surface area (Å²) in [4.78, 5) is 23.3. The van der Waals surface area contributed by atoms with E-state index in [1.165, 1.54) is 14.2 Å². The molecular formula is C18H20N2O5. The summed E-state index contributed by atoms with van der Waals surface area (Å²) in [7, 11) is 2.47. The first-order valence-electron chi connectivity index (χ1n) is 7.64. The lowest BCUT2D eigenvalue weighted by molar-refractivity contribution is -0.138. The van der Waals surface area contributed by atoms with Gasteiger partial charge in [0.25, 0.3) is 0 Å². The van der Waals surface area contributed by atoms with E-state index in [4.69, 9.17) is 4.74 Å². The van der Waals surface area contributed by atoms with Crippen LogP contribution < -0.4 is 10.1 Å². The van der Waals surface area contributed by atoms with Crippen molar-refractivity contribution in [1.29, 1.82) is 0 Å². The van der Waals surface area contributed by atoms with E-state index in [0.29, 0.717) is 18.0 Å². The summed E-state index contributed by atoms with van der Waals surface area (Å²) in [5.74, 6) is -0.646. The maximum atomic E-state index is 11.9. The quantitative estimate of drug-likeness (QED) is 0.614. The van der Waals surface area contributed by atoms with Crippen LogP contribution in [-0.2, 0) is 19.1 Å². The van der Waals surface area contributed by atoms with Crippen molar-refractivity contribution in [2.24, 2.45) is 0 Å². The van der Waals surface area contributed by atoms with Crippen molar-refractivity contribution in [2.45, 2.75) is 6.92 Å². The molecule has 0 amide bonds. The van der Waals surface area contributed by atoms with Crippen LogP contribution in [0.15, 0.2) is 54.5 Å². The topological polar surface area (TPSA) is 78.8 Å². The summed E-state index contributed by atoms with van der Waals surface area (Å²) in [6.07, 6.45) is 4.80. The zero-order chi connectivity index (χ0) is 18.2. The molecule has 25 heavy (non-hydrogen) atoms. The number of carbonyl (C=O) groups is 2. The molecule has 0 radical (unpaired) electrons. The lowest BCUT2D eigenvalue weighted by Gasteiger charge is -2.15. The Morgan fingerprint density at radius 1 is 1.16 bits per heavy atom. The highest BCUT2D eigenvalue weighted by Gasteiger charge is 2.14. The van der Waals surface area contributed by atoms with Gasteiger partial charge in [-0.15, -0.1) is 0 Å². The van der Waals surface area contributed by atoms with Crippen molar-refractivity contribution < 1.29 is 23.8 Å². The molecule has 0 unspecified atom stereocenters. The van der Waals surface area contributed by atoms with Crippen molar-refractivity contribution in [3.63, 3.8) is 0 Å². The normalized spacial score (nSPS) is 10.9. The maximum absolute atomic E-state index is 11.9. The number of aromatic nitrogens is 1. The largest absolute Gasteiger partial charge is 0.492 e. The third-order valence-corrected chi connectivity index (χ3v) is 3.29. The smallest absolute Gasteiger partial charge is 0.354 e. The summed E-state index contributed by atoms with van der Waals surface area (Å²) < 4.78 is 16.8. The number of anilines is 1. The summed E-state index contributed by atoms with van der Waals surface area (Å²) >= 11 is 0. The molecular weight excluding hydrogens is 324 g/mol. The van der Waals surface area contributed by atoms with Crippen LogP contribution in [0, 0.1) is 0 Å². The van der Waals surface area contributed by atoms with Crippen LogP contribution in [0.25, 0.3) is 5.69 Å². The number of methoxy groups -OCH3 is 2. The fourth-order valence-corrected chi connectivity index (χ4v) is 2.16. The number of rotatable bonds is 7. The van der Waals surface area contributed by atoms with Gasteiger partial charge >= 0.3 is 11.9 Å². The SMILES string of the molecule is CCOc1ccc(N/C(=C/C(=O)OC)C(=O)OC)cc1-n1cccc1. The molecule has 1 aromatic carbocycles. The minimum atomic E-state index is -0.679. The second-order valence-electron chi connectivity index (χ2n) is 4.90. The van der Waals surface area contributed by atoms with Crippen molar-refractivity contribution >= 4 is 17.6 Å². The highest BCUT2D eigenvalue weighted by molar-refractivity contribution is 5.98. The highest BCUT2D eigenvalue weighted by atomic mass is 16.5. The molecule has 132 valence electrons. The monoisotopic (exact) mass is 344 g/mol. The highest BCUT2D eigenvalue weighted by Crippen LogP contribution is 2.27. The van der Waals surface area contributed by atoms with Crippen molar-refractivity contribution in [3.8, 4) is 11.4 Å². The number of benzene rings is 1. The standard InChI is InChI=1S/C18H20N2O5/c1-4-25-16-8-7-13(11-15(16)20-9-5-6-10-20)19-14(18(22)24-3)12-17(21)23-2/h5-12,19H,4H2,1-3H3/b14-12+. The predicted octanol–water partition coefficient (Wildman–Crippen LogP) is 2.52. The third-order valence-electron chi connectivity index (χ3n) is 3.29. The molecule has 0 fully saturated rings. The molecule has 0 saturated carbocycles. The number of nitrogens with one attached hydrogen (secondary N) is 1.